The molecule has 1 heterocycles. The fraction of sp³-hybridized carbons (Fsp3) is 0.300. The second-order valence-electron chi connectivity index (χ2n) is 6.18. The Labute approximate surface area is 169 Å². The smallest absolute Gasteiger partial charge is 0.338 e. The molecular weight excluding hydrogens is 382 g/mol. The van der Waals surface area contributed by atoms with E-state index in [4.69, 9.17) is 28.6 Å². The van der Waals surface area contributed by atoms with Crippen LogP contribution in [0.2, 0.25) is 5.02 Å². The third-order valence-electron chi connectivity index (χ3n) is 4.39. The Balaban J connectivity index is 1.53. The van der Waals surface area contributed by atoms with Crippen LogP contribution in [0, 0.1) is 0 Å². The summed E-state index contributed by atoms with van der Waals surface area (Å²) in [7, 11) is 0. The first-order valence-corrected chi connectivity index (χ1v) is 9.69. The SMILES string of the molecule is CCOC(=O)c1ccc(NC(=S)N2CCN(c3cccc(Cl)c3)CC2)cc1. The molecule has 0 unspecified atom stereocenters. The number of thiocarbonyl (C=S) groups is 1. The van der Waals surface area contributed by atoms with Gasteiger partial charge in [-0.05, 0) is 61.6 Å². The largest absolute Gasteiger partial charge is 0.462 e. The summed E-state index contributed by atoms with van der Waals surface area (Å²) in [5, 5.41) is 4.67. The van der Waals surface area contributed by atoms with Crippen LogP contribution in [0.25, 0.3) is 0 Å². The van der Waals surface area contributed by atoms with E-state index in [9.17, 15) is 4.79 Å². The zero-order valence-corrected chi connectivity index (χ0v) is 16.7. The van der Waals surface area contributed by atoms with E-state index < -0.39 is 0 Å². The molecule has 2 aromatic carbocycles. The molecule has 0 bridgehead atoms. The second kappa shape index (κ2) is 9.06. The molecular formula is C20H22ClN3O2S. The van der Waals surface area contributed by atoms with Crippen molar-refractivity contribution in [3.8, 4) is 0 Å². The van der Waals surface area contributed by atoms with Gasteiger partial charge in [0.05, 0.1) is 12.2 Å². The van der Waals surface area contributed by atoms with Crippen LogP contribution in [0.4, 0.5) is 11.4 Å². The van der Waals surface area contributed by atoms with Crippen LogP contribution in [0.3, 0.4) is 0 Å². The van der Waals surface area contributed by atoms with Crippen molar-refractivity contribution >= 4 is 46.3 Å². The Kier molecular flexibility index (Phi) is 6.53. The standard InChI is InChI=1S/C20H22ClN3O2S/c1-2-26-19(25)15-6-8-17(9-7-15)22-20(27)24-12-10-23(11-13-24)18-5-3-4-16(21)14-18/h3-9,14H,2,10-13H2,1H3,(H,22,27). The summed E-state index contributed by atoms with van der Waals surface area (Å²) in [4.78, 5) is 16.2. The summed E-state index contributed by atoms with van der Waals surface area (Å²) in [6.45, 7) is 5.58. The zero-order chi connectivity index (χ0) is 19.2. The summed E-state index contributed by atoms with van der Waals surface area (Å²) >= 11 is 11.6. The maximum absolute atomic E-state index is 11.7. The average molecular weight is 404 g/mol. The molecule has 1 N–H and O–H groups in total. The Bertz CT molecular complexity index is 805. The van der Waals surface area contributed by atoms with E-state index >= 15 is 0 Å². The zero-order valence-electron chi connectivity index (χ0n) is 15.2. The highest BCUT2D eigenvalue weighted by Gasteiger charge is 2.19. The molecule has 142 valence electrons. The van der Waals surface area contributed by atoms with Crippen molar-refractivity contribution in [3.63, 3.8) is 0 Å². The number of halogens is 1. The minimum Gasteiger partial charge on any atom is -0.462 e. The number of esters is 1. The average Bonchev–Trinajstić information content (AvgIpc) is 2.69. The molecule has 0 aliphatic carbocycles. The summed E-state index contributed by atoms with van der Waals surface area (Å²) in [5.74, 6) is -0.316. The van der Waals surface area contributed by atoms with Crippen LogP contribution in [-0.4, -0.2) is 48.8 Å². The summed E-state index contributed by atoms with van der Waals surface area (Å²) in [6.07, 6.45) is 0. The van der Waals surface area contributed by atoms with Crippen molar-refractivity contribution in [2.24, 2.45) is 0 Å². The minimum absolute atomic E-state index is 0.316. The molecule has 1 fully saturated rings. The number of benzene rings is 2. The lowest BCUT2D eigenvalue weighted by atomic mass is 10.2. The van der Waals surface area contributed by atoms with Crippen molar-refractivity contribution in [3.05, 3.63) is 59.1 Å². The van der Waals surface area contributed by atoms with Crippen LogP contribution in [0.15, 0.2) is 48.5 Å². The van der Waals surface area contributed by atoms with Crippen LogP contribution >= 0.6 is 23.8 Å². The highest BCUT2D eigenvalue weighted by atomic mass is 35.5. The van der Waals surface area contributed by atoms with Gasteiger partial charge in [0.2, 0.25) is 0 Å². The fourth-order valence-corrected chi connectivity index (χ4v) is 3.43. The first-order valence-electron chi connectivity index (χ1n) is 8.90. The number of carbonyl (C=O) groups excluding carboxylic acids is 1. The molecule has 0 radical (unpaired) electrons. The molecule has 0 amide bonds. The van der Waals surface area contributed by atoms with Gasteiger partial charge in [-0.25, -0.2) is 4.79 Å². The van der Waals surface area contributed by atoms with Gasteiger partial charge in [-0.15, -0.1) is 0 Å². The maximum Gasteiger partial charge on any atom is 0.338 e. The lowest BCUT2D eigenvalue weighted by molar-refractivity contribution is 0.0526. The molecule has 5 nitrogen and oxygen atoms in total. The molecule has 1 aliphatic heterocycles. The normalized spacial score (nSPS) is 14.0. The van der Waals surface area contributed by atoms with Gasteiger partial charge >= 0.3 is 5.97 Å². The van der Waals surface area contributed by atoms with E-state index in [2.05, 4.69) is 21.2 Å². The maximum atomic E-state index is 11.7. The van der Waals surface area contributed by atoms with Crippen LogP contribution in [0.5, 0.6) is 0 Å². The van der Waals surface area contributed by atoms with E-state index in [1.165, 1.54) is 0 Å². The minimum atomic E-state index is -0.316. The van der Waals surface area contributed by atoms with E-state index in [0.29, 0.717) is 17.3 Å². The molecule has 27 heavy (non-hydrogen) atoms. The van der Waals surface area contributed by atoms with E-state index in [0.717, 1.165) is 42.6 Å². The number of nitrogens with one attached hydrogen (secondary N) is 1. The predicted octanol–water partition coefficient (Wildman–Crippen LogP) is 4.04. The van der Waals surface area contributed by atoms with Crippen molar-refractivity contribution in [1.29, 1.82) is 0 Å². The highest BCUT2D eigenvalue weighted by molar-refractivity contribution is 7.80. The molecule has 2 aromatic rings. The predicted molar refractivity (Wildman–Crippen MR) is 114 cm³/mol. The van der Waals surface area contributed by atoms with Gasteiger partial charge in [-0.3, -0.25) is 0 Å². The molecule has 3 rings (SSSR count). The molecule has 0 aromatic heterocycles. The van der Waals surface area contributed by atoms with Crippen LogP contribution in [0.1, 0.15) is 17.3 Å². The van der Waals surface area contributed by atoms with Crippen molar-refractivity contribution in [1.82, 2.24) is 4.90 Å². The van der Waals surface area contributed by atoms with Gasteiger partial charge in [0.25, 0.3) is 0 Å². The number of anilines is 2. The van der Waals surface area contributed by atoms with Crippen molar-refractivity contribution < 1.29 is 9.53 Å². The van der Waals surface area contributed by atoms with E-state index in [1.54, 1.807) is 19.1 Å². The van der Waals surface area contributed by atoms with E-state index in [1.807, 2.05) is 30.3 Å². The van der Waals surface area contributed by atoms with Gasteiger partial charge in [0.1, 0.15) is 0 Å². The summed E-state index contributed by atoms with van der Waals surface area (Å²) in [5.41, 5.74) is 2.52. The van der Waals surface area contributed by atoms with E-state index in [-0.39, 0.29) is 5.97 Å². The Morgan fingerprint density at radius 2 is 1.85 bits per heavy atom. The van der Waals surface area contributed by atoms with Crippen LogP contribution < -0.4 is 10.2 Å². The third kappa shape index (κ3) is 5.11. The monoisotopic (exact) mass is 403 g/mol. The number of piperazine rings is 1. The number of ether oxygens (including phenoxy) is 1. The first kappa shape index (κ1) is 19.5. The molecule has 7 heteroatoms. The van der Waals surface area contributed by atoms with Gasteiger partial charge in [-0.1, -0.05) is 17.7 Å². The van der Waals surface area contributed by atoms with Crippen LogP contribution in [-0.2, 0) is 4.74 Å². The fourth-order valence-electron chi connectivity index (χ4n) is 2.95. The van der Waals surface area contributed by atoms with Crippen molar-refractivity contribution in [2.45, 2.75) is 6.92 Å². The first-order chi connectivity index (χ1) is 13.1. The number of hydrogen-bond acceptors (Lipinski definition) is 4. The lowest BCUT2D eigenvalue weighted by Crippen LogP contribution is -2.50. The summed E-state index contributed by atoms with van der Waals surface area (Å²) in [6, 6.07) is 15.0. The highest BCUT2D eigenvalue weighted by Crippen LogP contribution is 2.21. The third-order valence-corrected chi connectivity index (χ3v) is 4.98. The lowest BCUT2D eigenvalue weighted by Gasteiger charge is -2.37. The summed E-state index contributed by atoms with van der Waals surface area (Å²) < 4.78 is 4.99. The Hall–Kier alpha value is -2.31. The topological polar surface area (TPSA) is 44.8 Å². The molecule has 1 saturated heterocycles. The molecule has 1 aliphatic rings. The van der Waals surface area contributed by atoms with Gasteiger partial charge < -0.3 is 19.9 Å². The van der Waals surface area contributed by atoms with Gasteiger partial charge in [0.15, 0.2) is 5.11 Å². The second-order valence-corrected chi connectivity index (χ2v) is 7.01. The molecule has 0 atom stereocenters. The van der Waals surface area contributed by atoms with Gasteiger partial charge in [-0.2, -0.15) is 0 Å². The number of nitrogens with zero attached hydrogens (tertiary/aromatic N) is 2. The molecule has 0 spiro atoms. The number of hydrogen-bond donors (Lipinski definition) is 1. The quantitative estimate of drug-likeness (QED) is 0.614. The van der Waals surface area contributed by atoms with Crippen molar-refractivity contribution in [2.75, 3.05) is 43.0 Å². The number of rotatable bonds is 4. The Morgan fingerprint density at radius 1 is 1.15 bits per heavy atom. The molecule has 0 saturated carbocycles. The Morgan fingerprint density at radius 3 is 2.48 bits per heavy atom. The van der Waals surface area contributed by atoms with Gasteiger partial charge in [0, 0.05) is 42.6 Å². The number of carbonyl (C=O) groups is 1.